The molecule has 4 nitrogen and oxygen atoms in total. The van der Waals surface area contributed by atoms with Crippen LogP contribution in [0.25, 0.3) is 0 Å². The number of carbonyl (C=O) groups is 1. The first kappa shape index (κ1) is 14.5. The lowest BCUT2D eigenvalue weighted by Crippen LogP contribution is -2.27. The van der Waals surface area contributed by atoms with Crippen LogP contribution < -0.4 is 11.5 Å². The second-order valence-corrected chi connectivity index (χ2v) is 6.68. The third-order valence-electron chi connectivity index (χ3n) is 2.78. The van der Waals surface area contributed by atoms with Crippen molar-refractivity contribution in [1.82, 2.24) is 4.98 Å². The number of primary amides is 1. The van der Waals surface area contributed by atoms with E-state index >= 15 is 0 Å². The fourth-order valence-electron chi connectivity index (χ4n) is 1.75. The van der Waals surface area contributed by atoms with Crippen LogP contribution >= 0.6 is 0 Å². The summed E-state index contributed by atoms with van der Waals surface area (Å²) in [5, 5.41) is 0. The van der Waals surface area contributed by atoms with Crippen LogP contribution in [0, 0.1) is 0 Å². The summed E-state index contributed by atoms with van der Waals surface area (Å²) in [6, 6.07) is 1.75. The molecule has 0 aliphatic rings. The maximum atomic E-state index is 11.6. The van der Waals surface area contributed by atoms with Crippen LogP contribution in [-0.4, -0.2) is 10.9 Å². The molecule has 1 heterocycles. The van der Waals surface area contributed by atoms with Gasteiger partial charge in [0.05, 0.1) is 11.3 Å². The lowest BCUT2D eigenvalue weighted by molar-refractivity contribution is 0.0998. The summed E-state index contributed by atoms with van der Waals surface area (Å²) in [6.45, 7) is 12.2. The Morgan fingerprint density at radius 1 is 1.11 bits per heavy atom. The first-order chi connectivity index (χ1) is 7.94. The predicted octanol–water partition coefficient (Wildman–Crippen LogP) is 2.36. The minimum absolute atomic E-state index is 0.121. The number of pyridine rings is 1. The molecule has 0 atom stereocenters. The van der Waals surface area contributed by atoms with Gasteiger partial charge in [-0.3, -0.25) is 9.78 Å². The van der Waals surface area contributed by atoms with Crippen LogP contribution in [-0.2, 0) is 10.8 Å². The summed E-state index contributed by atoms with van der Waals surface area (Å²) in [4.78, 5) is 16.2. The van der Waals surface area contributed by atoms with Crippen LogP contribution in [0.2, 0.25) is 0 Å². The Bertz CT molecular complexity index is 479. The molecule has 4 N–H and O–H groups in total. The molecule has 0 aliphatic heterocycles. The summed E-state index contributed by atoms with van der Waals surface area (Å²) in [5.41, 5.74) is 13.3. The van der Waals surface area contributed by atoms with E-state index in [0.29, 0.717) is 16.9 Å². The highest BCUT2D eigenvalue weighted by Gasteiger charge is 2.28. The summed E-state index contributed by atoms with van der Waals surface area (Å²) in [7, 11) is 0. The van der Waals surface area contributed by atoms with Crippen LogP contribution in [0.1, 0.15) is 63.3 Å². The molecule has 1 aromatic heterocycles. The number of nitrogen functional groups attached to an aromatic ring is 1. The number of nitrogens with zero attached hydrogens (tertiary/aromatic N) is 1. The number of hydrogen-bond acceptors (Lipinski definition) is 3. The molecule has 1 rings (SSSR count). The predicted molar refractivity (Wildman–Crippen MR) is 74.6 cm³/mol. The van der Waals surface area contributed by atoms with E-state index in [1.165, 1.54) is 0 Å². The van der Waals surface area contributed by atoms with Gasteiger partial charge in [0.25, 0.3) is 5.91 Å². The van der Waals surface area contributed by atoms with Gasteiger partial charge >= 0.3 is 0 Å². The third kappa shape index (κ3) is 2.81. The molecular formula is C14H23N3O. The summed E-state index contributed by atoms with van der Waals surface area (Å²) < 4.78 is 0. The van der Waals surface area contributed by atoms with E-state index in [1.54, 1.807) is 6.07 Å². The van der Waals surface area contributed by atoms with E-state index in [4.69, 9.17) is 11.5 Å². The normalized spacial score (nSPS) is 12.6. The Kier molecular flexibility index (Phi) is 3.43. The SMILES string of the molecule is CC(C)(C)c1cc(N)c(C(N)=O)c(C(C)(C)C)n1. The second-order valence-electron chi connectivity index (χ2n) is 6.68. The van der Waals surface area contributed by atoms with Crippen LogP contribution in [0.15, 0.2) is 6.07 Å². The molecule has 4 heteroatoms. The molecule has 0 bridgehead atoms. The zero-order valence-electron chi connectivity index (χ0n) is 12.1. The van der Waals surface area contributed by atoms with E-state index in [2.05, 4.69) is 25.8 Å². The molecule has 0 radical (unpaired) electrons. The van der Waals surface area contributed by atoms with Gasteiger partial charge < -0.3 is 11.5 Å². The summed E-state index contributed by atoms with van der Waals surface area (Å²) >= 11 is 0. The van der Waals surface area contributed by atoms with Gasteiger partial charge in [-0.15, -0.1) is 0 Å². The average molecular weight is 249 g/mol. The van der Waals surface area contributed by atoms with Crippen molar-refractivity contribution in [2.75, 3.05) is 5.73 Å². The highest BCUT2D eigenvalue weighted by Crippen LogP contribution is 2.31. The highest BCUT2D eigenvalue weighted by molar-refractivity contribution is 5.99. The number of nitrogens with two attached hydrogens (primary N) is 2. The zero-order valence-corrected chi connectivity index (χ0v) is 12.1. The molecular weight excluding hydrogens is 226 g/mol. The third-order valence-corrected chi connectivity index (χ3v) is 2.78. The minimum Gasteiger partial charge on any atom is -0.398 e. The van der Waals surface area contributed by atoms with Crippen molar-refractivity contribution in [1.29, 1.82) is 0 Å². The molecule has 0 aromatic carbocycles. The van der Waals surface area contributed by atoms with Crippen molar-refractivity contribution in [3.63, 3.8) is 0 Å². The molecule has 0 spiro atoms. The number of hydrogen-bond donors (Lipinski definition) is 2. The van der Waals surface area contributed by atoms with Gasteiger partial charge in [0.2, 0.25) is 0 Å². The van der Waals surface area contributed by atoms with E-state index in [-0.39, 0.29) is 10.8 Å². The number of carbonyl (C=O) groups excluding carboxylic acids is 1. The standard InChI is InChI=1S/C14H23N3O/c1-13(2,3)9-7-8(15)10(12(16)18)11(17-9)14(4,5)6/h7H,1-6H3,(H2,15,17)(H2,16,18). The quantitative estimate of drug-likeness (QED) is 0.801. The monoisotopic (exact) mass is 249 g/mol. The molecule has 0 saturated carbocycles. The van der Waals surface area contributed by atoms with Gasteiger partial charge in [-0.2, -0.15) is 0 Å². The smallest absolute Gasteiger partial charge is 0.252 e. The topological polar surface area (TPSA) is 82.0 Å². The molecule has 1 aromatic rings. The van der Waals surface area contributed by atoms with Crippen molar-refractivity contribution in [2.24, 2.45) is 5.73 Å². The molecule has 18 heavy (non-hydrogen) atoms. The number of anilines is 1. The van der Waals surface area contributed by atoms with E-state index < -0.39 is 5.91 Å². The lowest BCUT2D eigenvalue weighted by Gasteiger charge is -2.26. The van der Waals surface area contributed by atoms with Gasteiger partial charge in [-0.25, -0.2) is 0 Å². The fraction of sp³-hybridized carbons (Fsp3) is 0.571. The van der Waals surface area contributed by atoms with Gasteiger partial charge in [0, 0.05) is 22.2 Å². The number of aromatic nitrogens is 1. The van der Waals surface area contributed by atoms with Crippen molar-refractivity contribution >= 4 is 11.6 Å². The molecule has 0 fully saturated rings. The van der Waals surface area contributed by atoms with Gasteiger partial charge in [-0.05, 0) is 6.07 Å². The molecule has 100 valence electrons. The molecule has 0 unspecified atom stereocenters. The molecule has 0 aliphatic carbocycles. The maximum absolute atomic E-state index is 11.6. The fourth-order valence-corrected chi connectivity index (χ4v) is 1.75. The van der Waals surface area contributed by atoms with Crippen molar-refractivity contribution in [3.05, 3.63) is 23.0 Å². The average Bonchev–Trinajstić information content (AvgIpc) is 2.12. The first-order valence-electron chi connectivity index (χ1n) is 6.06. The van der Waals surface area contributed by atoms with E-state index in [9.17, 15) is 4.79 Å². The maximum Gasteiger partial charge on any atom is 0.252 e. The van der Waals surface area contributed by atoms with E-state index in [1.807, 2.05) is 20.8 Å². The Morgan fingerprint density at radius 3 is 1.94 bits per heavy atom. The number of rotatable bonds is 1. The zero-order chi connectivity index (χ0) is 14.3. The highest BCUT2D eigenvalue weighted by atomic mass is 16.1. The first-order valence-corrected chi connectivity index (χ1v) is 6.06. The summed E-state index contributed by atoms with van der Waals surface area (Å²) in [6.07, 6.45) is 0. The molecule has 0 saturated heterocycles. The minimum atomic E-state index is -0.523. The van der Waals surface area contributed by atoms with Crippen LogP contribution in [0.3, 0.4) is 0 Å². The number of amides is 1. The van der Waals surface area contributed by atoms with Crippen molar-refractivity contribution < 1.29 is 4.79 Å². The Morgan fingerprint density at radius 2 is 1.61 bits per heavy atom. The second kappa shape index (κ2) is 4.26. The van der Waals surface area contributed by atoms with Gasteiger partial charge in [-0.1, -0.05) is 41.5 Å². The summed E-state index contributed by atoms with van der Waals surface area (Å²) in [5.74, 6) is -0.523. The van der Waals surface area contributed by atoms with Gasteiger partial charge in [0.15, 0.2) is 0 Å². The van der Waals surface area contributed by atoms with Gasteiger partial charge in [0.1, 0.15) is 0 Å². The molecule has 1 amide bonds. The Hall–Kier alpha value is -1.58. The van der Waals surface area contributed by atoms with Crippen molar-refractivity contribution in [2.45, 2.75) is 52.4 Å². The largest absolute Gasteiger partial charge is 0.398 e. The Labute approximate surface area is 109 Å². The van der Waals surface area contributed by atoms with Crippen LogP contribution in [0.5, 0.6) is 0 Å². The van der Waals surface area contributed by atoms with Crippen molar-refractivity contribution in [3.8, 4) is 0 Å². The van der Waals surface area contributed by atoms with E-state index in [0.717, 1.165) is 5.69 Å². The lowest BCUT2D eigenvalue weighted by atomic mass is 9.84. The van der Waals surface area contributed by atoms with Crippen LogP contribution in [0.4, 0.5) is 5.69 Å². The Balaban J connectivity index is 3.64.